The van der Waals surface area contributed by atoms with Crippen molar-refractivity contribution in [2.75, 3.05) is 0 Å². The van der Waals surface area contributed by atoms with E-state index in [4.69, 9.17) is 5.26 Å². The smallest absolute Gasteiger partial charge is 0.136 e. The van der Waals surface area contributed by atoms with E-state index in [0.29, 0.717) is 12.8 Å². The van der Waals surface area contributed by atoms with Crippen LogP contribution in [0.2, 0.25) is 0 Å². The molecule has 0 amide bonds. The summed E-state index contributed by atoms with van der Waals surface area (Å²) >= 11 is 0. The normalized spacial score (nSPS) is 18.4. The fraction of sp³-hybridized carbons (Fsp3) is 0.364. The fourth-order valence-corrected chi connectivity index (χ4v) is 1.72. The van der Waals surface area contributed by atoms with Gasteiger partial charge in [-0.25, -0.2) is 0 Å². The Labute approximate surface area is 82.4 Å². The highest BCUT2D eigenvalue weighted by Gasteiger charge is 2.45. The monoisotopic (exact) mass is 186 g/mol. The molecule has 0 saturated heterocycles. The first kappa shape index (κ1) is 8.89. The summed E-state index contributed by atoms with van der Waals surface area (Å²) in [6, 6.07) is 5.98. The van der Waals surface area contributed by atoms with Crippen molar-refractivity contribution in [2.24, 2.45) is 0 Å². The van der Waals surface area contributed by atoms with Crippen LogP contribution in [0.25, 0.3) is 0 Å². The zero-order valence-corrected chi connectivity index (χ0v) is 7.95. The van der Waals surface area contributed by atoms with E-state index >= 15 is 0 Å². The lowest BCUT2D eigenvalue weighted by Crippen LogP contribution is -2.40. The van der Waals surface area contributed by atoms with Gasteiger partial charge in [-0.2, -0.15) is 5.26 Å². The van der Waals surface area contributed by atoms with Gasteiger partial charge in [-0.1, -0.05) is 6.07 Å². The van der Waals surface area contributed by atoms with Gasteiger partial charge in [0.2, 0.25) is 0 Å². The minimum absolute atomic E-state index is 0.159. The highest BCUT2D eigenvalue weighted by molar-refractivity contribution is 5.90. The van der Waals surface area contributed by atoms with Crippen LogP contribution in [0.1, 0.15) is 24.1 Å². The van der Waals surface area contributed by atoms with Gasteiger partial charge < -0.3 is 0 Å². The Balaban J connectivity index is 2.35. The summed E-state index contributed by atoms with van der Waals surface area (Å²) < 4.78 is 0. The maximum absolute atomic E-state index is 10.9. The molecule has 1 saturated carbocycles. The third-order valence-electron chi connectivity index (χ3n) is 2.68. The molecule has 1 aromatic heterocycles. The number of Topliss-reactive ketones (excluding diaryl/α,β-unsaturated/α-hetero) is 1. The quantitative estimate of drug-likeness (QED) is 0.668. The third-order valence-corrected chi connectivity index (χ3v) is 2.68. The van der Waals surface area contributed by atoms with Crippen LogP contribution in [0, 0.1) is 18.3 Å². The molecule has 0 N–H and O–H groups in total. The van der Waals surface area contributed by atoms with Crippen molar-refractivity contribution in [1.29, 1.82) is 5.26 Å². The maximum Gasteiger partial charge on any atom is 0.136 e. The van der Waals surface area contributed by atoms with Crippen LogP contribution in [0.4, 0.5) is 0 Å². The third kappa shape index (κ3) is 1.20. The lowest BCUT2D eigenvalue weighted by atomic mass is 9.65. The second-order valence-electron chi connectivity index (χ2n) is 3.77. The summed E-state index contributed by atoms with van der Waals surface area (Å²) in [6.07, 6.45) is 2.38. The molecule has 1 aliphatic rings. The molecule has 0 spiro atoms. The first-order valence-electron chi connectivity index (χ1n) is 4.52. The predicted molar refractivity (Wildman–Crippen MR) is 50.5 cm³/mol. The number of aryl methyl sites for hydroxylation is 1. The van der Waals surface area contributed by atoms with E-state index in [1.807, 2.05) is 19.1 Å². The fourth-order valence-electron chi connectivity index (χ4n) is 1.72. The van der Waals surface area contributed by atoms with Gasteiger partial charge >= 0.3 is 0 Å². The van der Waals surface area contributed by atoms with Crippen molar-refractivity contribution < 1.29 is 4.79 Å². The number of ketones is 1. The highest BCUT2D eigenvalue weighted by atomic mass is 16.1. The number of carbonyl (C=O) groups is 1. The Hall–Kier alpha value is -1.69. The predicted octanol–water partition coefficient (Wildman–Crippen LogP) is 1.51. The van der Waals surface area contributed by atoms with Crippen LogP contribution in [-0.4, -0.2) is 10.8 Å². The second-order valence-corrected chi connectivity index (χ2v) is 3.77. The Morgan fingerprint density at radius 1 is 1.50 bits per heavy atom. The van der Waals surface area contributed by atoms with E-state index in [1.165, 1.54) is 0 Å². The topological polar surface area (TPSA) is 53.8 Å². The van der Waals surface area contributed by atoms with Crippen LogP contribution in [0.15, 0.2) is 18.3 Å². The van der Waals surface area contributed by atoms with Crippen molar-refractivity contribution in [3.05, 3.63) is 29.6 Å². The van der Waals surface area contributed by atoms with Crippen LogP contribution >= 0.6 is 0 Å². The number of rotatable bonds is 1. The molecule has 0 aromatic carbocycles. The minimum Gasteiger partial charge on any atom is -0.300 e. The molecule has 3 nitrogen and oxygen atoms in total. The number of aromatic nitrogens is 1. The second kappa shape index (κ2) is 2.91. The van der Waals surface area contributed by atoms with Crippen molar-refractivity contribution in [2.45, 2.75) is 25.2 Å². The summed E-state index contributed by atoms with van der Waals surface area (Å²) in [6.45, 7) is 1.90. The SMILES string of the molecule is Cc1ccc(C2(C#N)CC(=O)C2)cn1. The first-order chi connectivity index (χ1) is 6.66. The Bertz CT molecular complexity index is 406. The Kier molecular flexibility index (Phi) is 1.85. The molecule has 0 aliphatic heterocycles. The van der Waals surface area contributed by atoms with Gasteiger partial charge in [0, 0.05) is 24.7 Å². The maximum atomic E-state index is 10.9. The van der Waals surface area contributed by atoms with Gasteiger partial charge in [-0.15, -0.1) is 0 Å². The molecule has 3 heteroatoms. The standard InChI is InChI=1S/C11H10N2O/c1-8-2-3-9(6-13-8)11(7-12)4-10(14)5-11/h2-3,6H,4-5H2,1H3. The van der Waals surface area contributed by atoms with E-state index in [1.54, 1.807) is 6.20 Å². The number of nitrogens with zero attached hydrogens (tertiary/aromatic N) is 2. The molecule has 0 atom stereocenters. The molecular weight excluding hydrogens is 176 g/mol. The lowest BCUT2D eigenvalue weighted by molar-refractivity contribution is -0.126. The van der Waals surface area contributed by atoms with Gasteiger partial charge in [-0.3, -0.25) is 9.78 Å². The number of pyridine rings is 1. The summed E-state index contributed by atoms with van der Waals surface area (Å²) in [7, 11) is 0. The van der Waals surface area contributed by atoms with E-state index in [2.05, 4.69) is 11.1 Å². The Morgan fingerprint density at radius 3 is 2.64 bits per heavy atom. The summed E-state index contributed by atoms with van der Waals surface area (Å²) in [5.74, 6) is 0.159. The summed E-state index contributed by atoms with van der Waals surface area (Å²) in [5.41, 5.74) is 1.20. The molecule has 0 unspecified atom stereocenters. The highest BCUT2D eigenvalue weighted by Crippen LogP contribution is 2.40. The molecule has 2 rings (SSSR count). The first-order valence-corrected chi connectivity index (χ1v) is 4.52. The van der Waals surface area contributed by atoms with Crippen LogP contribution in [0.3, 0.4) is 0 Å². The van der Waals surface area contributed by atoms with Crippen molar-refractivity contribution in [1.82, 2.24) is 4.98 Å². The van der Waals surface area contributed by atoms with Crippen molar-refractivity contribution in [3.8, 4) is 6.07 Å². The average molecular weight is 186 g/mol. The summed E-state index contributed by atoms with van der Waals surface area (Å²) in [5, 5.41) is 9.05. The van der Waals surface area contributed by atoms with E-state index < -0.39 is 5.41 Å². The molecule has 0 bridgehead atoms. The van der Waals surface area contributed by atoms with Gasteiger partial charge in [0.25, 0.3) is 0 Å². The van der Waals surface area contributed by atoms with Gasteiger partial charge in [0.15, 0.2) is 0 Å². The molecule has 14 heavy (non-hydrogen) atoms. The lowest BCUT2D eigenvalue weighted by Gasteiger charge is -2.33. The van der Waals surface area contributed by atoms with E-state index in [9.17, 15) is 4.79 Å². The molecule has 1 aromatic rings. The average Bonchev–Trinajstić information content (AvgIpc) is 2.14. The number of hydrogen-bond acceptors (Lipinski definition) is 3. The molecule has 1 aliphatic carbocycles. The molecule has 70 valence electrons. The molecule has 1 fully saturated rings. The summed E-state index contributed by atoms with van der Waals surface area (Å²) in [4.78, 5) is 15.1. The molecule has 1 heterocycles. The zero-order valence-electron chi connectivity index (χ0n) is 7.95. The van der Waals surface area contributed by atoms with Gasteiger partial charge in [-0.05, 0) is 18.6 Å². The molecule has 0 radical (unpaired) electrons. The zero-order chi connectivity index (χ0) is 10.2. The van der Waals surface area contributed by atoms with Crippen LogP contribution in [0.5, 0.6) is 0 Å². The number of carbonyl (C=O) groups excluding carboxylic acids is 1. The van der Waals surface area contributed by atoms with Crippen LogP contribution < -0.4 is 0 Å². The minimum atomic E-state index is -0.586. The van der Waals surface area contributed by atoms with Crippen molar-refractivity contribution in [3.63, 3.8) is 0 Å². The van der Waals surface area contributed by atoms with Crippen molar-refractivity contribution >= 4 is 5.78 Å². The van der Waals surface area contributed by atoms with Gasteiger partial charge in [0.1, 0.15) is 5.78 Å². The number of nitriles is 1. The van der Waals surface area contributed by atoms with E-state index in [-0.39, 0.29) is 5.78 Å². The molecular formula is C11H10N2O. The number of hydrogen-bond donors (Lipinski definition) is 0. The Morgan fingerprint density at radius 2 is 2.21 bits per heavy atom. The van der Waals surface area contributed by atoms with Gasteiger partial charge in [0.05, 0.1) is 11.5 Å². The van der Waals surface area contributed by atoms with Crippen LogP contribution in [-0.2, 0) is 10.2 Å². The van der Waals surface area contributed by atoms with E-state index in [0.717, 1.165) is 11.3 Å². The largest absolute Gasteiger partial charge is 0.300 e.